The van der Waals surface area contributed by atoms with Crippen LogP contribution in [0.4, 0.5) is 0 Å². The third-order valence-corrected chi connectivity index (χ3v) is 6.06. The van der Waals surface area contributed by atoms with Gasteiger partial charge in [-0.3, -0.25) is 9.36 Å². The van der Waals surface area contributed by atoms with E-state index in [-0.39, 0.29) is 12.5 Å². The zero-order valence-corrected chi connectivity index (χ0v) is 17.8. The molecule has 1 amide bonds. The van der Waals surface area contributed by atoms with Gasteiger partial charge in [0.1, 0.15) is 0 Å². The fourth-order valence-electron chi connectivity index (χ4n) is 3.72. The molecule has 0 atom stereocenters. The number of aromatic nitrogens is 2. The van der Waals surface area contributed by atoms with E-state index in [4.69, 9.17) is 4.74 Å². The number of amides is 1. The van der Waals surface area contributed by atoms with Gasteiger partial charge in [0.15, 0.2) is 11.7 Å². The SMILES string of the molecule is Cc1cc(/C=C/C(=O)OCC(=O)N2CCc3ccccc3C2)c(C)n1-c1nccs1. The maximum absolute atomic E-state index is 12.4. The van der Waals surface area contributed by atoms with Gasteiger partial charge in [-0.15, -0.1) is 11.3 Å². The van der Waals surface area contributed by atoms with Crippen molar-refractivity contribution in [3.8, 4) is 5.13 Å². The number of esters is 1. The van der Waals surface area contributed by atoms with Crippen molar-refractivity contribution in [3.63, 3.8) is 0 Å². The van der Waals surface area contributed by atoms with E-state index in [1.165, 1.54) is 11.6 Å². The molecule has 1 aliphatic heterocycles. The van der Waals surface area contributed by atoms with Crippen molar-refractivity contribution < 1.29 is 14.3 Å². The van der Waals surface area contributed by atoms with Crippen LogP contribution in [0.3, 0.4) is 0 Å². The Morgan fingerprint density at radius 3 is 2.80 bits per heavy atom. The van der Waals surface area contributed by atoms with Crippen molar-refractivity contribution >= 4 is 29.3 Å². The number of fused-ring (bicyclic) bond motifs is 1. The number of hydrogen-bond acceptors (Lipinski definition) is 5. The van der Waals surface area contributed by atoms with Crippen molar-refractivity contribution in [1.82, 2.24) is 14.5 Å². The molecule has 1 aliphatic rings. The summed E-state index contributed by atoms with van der Waals surface area (Å²) in [5.41, 5.74) is 5.37. The standard InChI is InChI=1S/C23H23N3O3S/c1-16-13-19(17(2)26(16)23-24-10-12-30-23)7-8-22(28)29-15-21(27)25-11-9-18-5-3-4-6-20(18)14-25/h3-8,10,12-13H,9,11,14-15H2,1-2H3/b8-7+. The molecule has 3 heterocycles. The average Bonchev–Trinajstić information content (AvgIpc) is 3.37. The summed E-state index contributed by atoms with van der Waals surface area (Å²) in [7, 11) is 0. The zero-order chi connectivity index (χ0) is 21.1. The molecular weight excluding hydrogens is 398 g/mol. The topological polar surface area (TPSA) is 64.4 Å². The average molecular weight is 422 g/mol. The molecule has 3 aromatic rings. The molecular formula is C23H23N3O3S. The number of carbonyl (C=O) groups is 2. The predicted octanol–water partition coefficient (Wildman–Crippen LogP) is 3.69. The Morgan fingerprint density at radius 2 is 2.03 bits per heavy atom. The monoisotopic (exact) mass is 421 g/mol. The van der Waals surface area contributed by atoms with Gasteiger partial charge in [0.05, 0.1) is 0 Å². The Hall–Kier alpha value is -3.19. The van der Waals surface area contributed by atoms with E-state index in [1.54, 1.807) is 28.5 Å². The zero-order valence-electron chi connectivity index (χ0n) is 17.0. The van der Waals surface area contributed by atoms with Gasteiger partial charge >= 0.3 is 5.97 Å². The molecule has 0 saturated carbocycles. The highest BCUT2D eigenvalue weighted by Crippen LogP contribution is 2.23. The van der Waals surface area contributed by atoms with Crippen LogP contribution in [0.25, 0.3) is 11.2 Å². The molecule has 0 aliphatic carbocycles. The molecule has 154 valence electrons. The van der Waals surface area contributed by atoms with E-state index in [9.17, 15) is 9.59 Å². The first-order chi connectivity index (χ1) is 14.5. The number of nitrogens with zero attached hydrogens (tertiary/aromatic N) is 3. The molecule has 0 radical (unpaired) electrons. The minimum atomic E-state index is -0.528. The quantitative estimate of drug-likeness (QED) is 0.466. The van der Waals surface area contributed by atoms with E-state index < -0.39 is 5.97 Å². The maximum Gasteiger partial charge on any atom is 0.331 e. The molecule has 0 saturated heterocycles. The molecule has 0 fully saturated rings. The summed E-state index contributed by atoms with van der Waals surface area (Å²) >= 11 is 1.56. The van der Waals surface area contributed by atoms with Crippen LogP contribution in [-0.4, -0.2) is 39.5 Å². The van der Waals surface area contributed by atoms with Gasteiger partial charge in [-0.1, -0.05) is 24.3 Å². The summed E-state index contributed by atoms with van der Waals surface area (Å²) in [5.74, 6) is -0.701. The summed E-state index contributed by atoms with van der Waals surface area (Å²) in [6.07, 6.45) is 5.68. The van der Waals surface area contributed by atoms with Gasteiger partial charge in [0.25, 0.3) is 5.91 Å². The fraction of sp³-hybridized carbons (Fsp3) is 0.261. The first-order valence-electron chi connectivity index (χ1n) is 9.81. The first kappa shape index (κ1) is 20.1. The number of ether oxygens (including phenoxy) is 1. The van der Waals surface area contributed by atoms with Gasteiger partial charge < -0.3 is 9.64 Å². The molecule has 30 heavy (non-hydrogen) atoms. The van der Waals surface area contributed by atoms with Gasteiger partial charge in [-0.2, -0.15) is 0 Å². The van der Waals surface area contributed by atoms with Crippen LogP contribution in [0.5, 0.6) is 0 Å². The smallest absolute Gasteiger partial charge is 0.331 e. The van der Waals surface area contributed by atoms with Crippen molar-refractivity contribution in [1.29, 1.82) is 0 Å². The minimum absolute atomic E-state index is 0.173. The summed E-state index contributed by atoms with van der Waals surface area (Å²) in [6.45, 7) is 4.94. The molecule has 0 spiro atoms. The van der Waals surface area contributed by atoms with E-state index in [2.05, 4.69) is 11.1 Å². The molecule has 0 bridgehead atoms. The largest absolute Gasteiger partial charge is 0.452 e. The van der Waals surface area contributed by atoms with Gasteiger partial charge in [0, 0.05) is 42.1 Å². The lowest BCUT2D eigenvalue weighted by atomic mass is 10.00. The lowest BCUT2D eigenvalue weighted by molar-refractivity contribution is -0.148. The Labute approximate surface area is 179 Å². The number of benzene rings is 1. The number of carbonyl (C=O) groups excluding carboxylic acids is 2. The van der Waals surface area contributed by atoms with Crippen molar-refractivity contribution in [3.05, 3.63) is 76.1 Å². The van der Waals surface area contributed by atoms with Crippen LogP contribution in [-0.2, 0) is 27.3 Å². The van der Waals surface area contributed by atoms with Crippen molar-refractivity contribution in [2.45, 2.75) is 26.8 Å². The molecule has 0 N–H and O–H groups in total. The highest BCUT2D eigenvalue weighted by atomic mass is 32.1. The Balaban J connectivity index is 1.34. The molecule has 6 nitrogen and oxygen atoms in total. The number of hydrogen-bond donors (Lipinski definition) is 0. The molecule has 1 aromatic carbocycles. The van der Waals surface area contributed by atoms with Crippen LogP contribution in [0.15, 0.2) is 48.0 Å². The van der Waals surface area contributed by atoms with E-state index in [0.717, 1.165) is 34.1 Å². The lowest BCUT2D eigenvalue weighted by Gasteiger charge is -2.28. The summed E-state index contributed by atoms with van der Waals surface area (Å²) in [6, 6.07) is 10.1. The second kappa shape index (κ2) is 8.67. The van der Waals surface area contributed by atoms with Gasteiger partial charge in [0.2, 0.25) is 0 Å². The molecule has 4 rings (SSSR count). The Kier molecular flexibility index (Phi) is 5.81. The molecule has 0 unspecified atom stereocenters. The van der Waals surface area contributed by atoms with Gasteiger partial charge in [-0.05, 0) is 49.1 Å². The maximum atomic E-state index is 12.4. The molecule has 7 heteroatoms. The van der Waals surface area contributed by atoms with Crippen LogP contribution in [0.1, 0.15) is 28.1 Å². The summed E-state index contributed by atoms with van der Waals surface area (Å²) < 4.78 is 7.23. The van der Waals surface area contributed by atoms with E-state index in [0.29, 0.717) is 13.1 Å². The summed E-state index contributed by atoms with van der Waals surface area (Å²) in [4.78, 5) is 30.7. The highest BCUT2D eigenvalue weighted by Gasteiger charge is 2.21. The summed E-state index contributed by atoms with van der Waals surface area (Å²) in [5, 5.41) is 2.82. The van der Waals surface area contributed by atoms with Crippen LogP contribution in [0.2, 0.25) is 0 Å². The second-order valence-corrected chi connectivity index (χ2v) is 8.12. The fourth-order valence-corrected chi connectivity index (χ4v) is 4.47. The number of rotatable bonds is 5. The molecule has 2 aromatic heterocycles. The second-order valence-electron chi connectivity index (χ2n) is 7.25. The van der Waals surface area contributed by atoms with Crippen molar-refractivity contribution in [2.24, 2.45) is 0 Å². The van der Waals surface area contributed by atoms with Crippen molar-refractivity contribution in [2.75, 3.05) is 13.2 Å². The third kappa shape index (κ3) is 4.21. The third-order valence-electron chi connectivity index (χ3n) is 5.30. The highest BCUT2D eigenvalue weighted by molar-refractivity contribution is 7.12. The first-order valence-corrected chi connectivity index (χ1v) is 10.7. The van der Waals surface area contributed by atoms with E-state index in [1.807, 2.05) is 48.1 Å². The normalized spacial score (nSPS) is 13.5. The number of aryl methyl sites for hydroxylation is 1. The number of thiazole rings is 1. The van der Waals surface area contributed by atoms with Crippen LogP contribution >= 0.6 is 11.3 Å². The predicted molar refractivity (Wildman–Crippen MR) is 116 cm³/mol. The Morgan fingerprint density at radius 1 is 1.23 bits per heavy atom. The van der Waals surface area contributed by atoms with Gasteiger partial charge in [-0.25, -0.2) is 9.78 Å². The van der Waals surface area contributed by atoms with Crippen LogP contribution in [0, 0.1) is 13.8 Å². The lowest BCUT2D eigenvalue weighted by Crippen LogP contribution is -2.38. The minimum Gasteiger partial charge on any atom is -0.452 e. The van der Waals surface area contributed by atoms with E-state index >= 15 is 0 Å². The Bertz CT molecular complexity index is 1100. The van der Waals surface area contributed by atoms with Crippen LogP contribution < -0.4 is 0 Å².